The van der Waals surface area contributed by atoms with E-state index < -0.39 is 0 Å². The summed E-state index contributed by atoms with van der Waals surface area (Å²) in [7, 11) is 1.72. The van der Waals surface area contributed by atoms with Crippen LogP contribution in [0.4, 0.5) is 0 Å². The van der Waals surface area contributed by atoms with E-state index in [1.165, 1.54) is 5.56 Å². The molecule has 84 valence electrons. The number of rotatable bonds is 5. The van der Waals surface area contributed by atoms with Gasteiger partial charge in [-0.25, -0.2) is 0 Å². The highest BCUT2D eigenvalue weighted by Gasteiger charge is 2.18. The summed E-state index contributed by atoms with van der Waals surface area (Å²) in [5, 5.41) is 0. The lowest BCUT2D eigenvalue weighted by Crippen LogP contribution is -2.26. The van der Waals surface area contributed by atoms with Crippen LogP contribution in [0.5, 0.6) is 5.75 Å². The molecule has 0 amide bonds. The topological polar surface area (TPSA) is 18.5 Å². The molecule has 0 bridgehead atoms. The molecule has 2 nitrogen and oxygen atoms in total. The summed E-state index contributed by atoms with van der Waals surface area (Å²) < 4.78 is 10.9. The number of hydrogen-bond acceptors (Lipinski definition) is 2. The van der Waals surface area contributed by atoms with Crippen LogP contribution >= 0.6 is 0 Å². The van der Waals surface area contributed by atoms with Crippen LogP contribution in [0, 0.1) is 12.3 Å². The van der Waals surface area contributed by atoms with E-state index in [1.807, 2.05) is 18.2 Å². The van der Waals surface area contributed by atoms with Gasteiger partial charge in [-0.1, -0.05) is 26.0 Å². The van der Waals surface area contributed by atoms with E-state index >= 15 is 0 Å². The summed E-state index contributed by atoms with van der Waals surface area (Å²) in [6, 6.07) is 8.10. The van der Waals surface area contributed by atoms with Gasteiger partial charge in [-0.3, -0.25) is 0 Å². The number of ether oxygens (including phenoxy) is 2. The van der Waals surface area contributed by atoms with Crippen molar-refractivity contribution in [1.29, 1.82) is 0 Å². The Labute approximate surface area is 92.2 Å². The van der Waals surface area contributed by atoms with Crippen molar-refractivity contribution < 1.29 is 9.47 Å². The van der Waals surface area contributed by atoms with Crippen molar-refractivity contribution in [3.8, 4) is 5.75 Å². The molecule has 0 N–H and O–H groups in total. The molecule has 0 fully saturated rings. The Kier molecular flexibility index (Phi) is 4.15. The Bertz CT molecular complexity index is 305. The average molecular weight is 208 g/mol. The molecule has 1 aromatic carbocycles. The van der Waals surface area contributed by atoms with Crippen LogP contribution in [0.1, 0.15) is 19.4 Å². The van der Waals surface area contributed by atoms with E-state index in [-0.39, 0.29) is 5.41 Å². The van der Waals surface area contributed by atoms with Crippen molar-refractivity contribution in [3.05, 3.63) is 29.8 Å². The second kappa shape index (κ2) is 5.17. The lowest BCUT2D eigenvalue weighted by atomic mass is 9.96. The maximum absolute atomic E-state index is 5.72. The fourth-order valence-corrected chi connectivity index (χ4v) is 1.42. The Morgan fingerprint density at radius 3 is 2.53 bits per heavy atom. The molecule has 0 radical (unpaired) electrons. The molecule has 15 heavy (non-hydrogen) atoms. The quantitative estimate of drug-likeness (QED) is 0.740. The fourth-order valence-electron chi connectivity index (χ4n) is 1.42. The van der Waals surface area contributed by atoms with Gasteiger partial charge >= 0.3 is 0 Å². The lowest BCUT2D eigenvalue weighted by molar-refractivity contribution is 0.0644. The molecule has 0 unspecified atom stereocenters. The van der Waals surface area contributed by atoms with Crippen LogP contribution in [0.3, 0.4) is 0 Å². The monoisotopic (exact) mass is 208 g/mol. The van der Waals surface area contributed by atoms with Crippen molar-refractivity contribution in [1.82, 2.24) is 0 Å². The second-order valence-electron chi connectivity index (χ2n) is 4.70. The van der Waals surface area contributed by atoms with E-state index in [0.29, 0.717) is 13.2 Å². The Hall–Kier alpha value is -1.02. The van der Waals surface area contributed by atoms with Crippen LogP contribution in [-0.2, 0) is 4.74 Å². The van der Waals surface area contributed by atoms with E-state index in [1.54, 1.807) is 7.11 Å². The van der Waals surface area contributed by atoms with Gasteiger partial charge < -0.3 is 9.47 Å². The van der Waals surface area contributed by atoms with Crippen LogP contribution in [0.2, 0.25) is 0 Å². The zero-order valence-electron chi connectivity index (χ0n) is 10.0. The smallest absolute Gasteiger partial charge is 0.119 e. The number of methoxy groups -OCH3 is 1. The van der Waals surface area contributed by atoms with Crippen molar-refractivity contribution in [2.75, 3.05) is 20.3 Å². The maximum Gasteiger partial charge on any atom is 0.119 e. The summed E-state index contributed by atoms with van der Waals surface area (Å²) in [6.07, 6.45) is 0. The molecule has 0 aliphatic carbocycles. The zero-order chi connectivity index (χ0) is 11.3. The van der Waals surface area contributed by atoms with Gasteiger partial charge in [-0.15, -0.1) is 0 Å². The van der Waals surface area contributed by atoms with Crippen LogP contribution in [0.25, 0.3) is 0 Å². The van der Waals surface area contributed by atoms with Gasteiger partial charge in [0, 0.05) is 12.5 Å². The molecule has 0 aliphatic rings. The van der Waals surface area contributed by atoms with Crippen LogP contribution in [0.15, 0.2) is 24.3 Å². The lowest BCUT2D eigenvalue weighted by Gasteiger charge is -2.23. The highest BCUT2D eigenvalue weighted by atomic mass is 16.5. The molecular formula is C13H20O2. The fraction of sp³-hybridized carbons (Fsp3) is 0.538. The maximum atomic E-state index is 5.72. The van der Waals surface area contributed by atoms with Gasteiger partial charge in [-0.05, 0) is 24.6 Å². The number of hydrogen-bond donors (Lipinski definition) is 0. The minimum absolute atomic E-state index is 0.0541. The minimum Gasteiger partial charge on any atom is -0.493 e. The zero-order valence-corrected chi connectivity index (χ0v) is 10.0. The predicted octanol–water partition coefficient (Wildman–Crippen LogP) is 3.05. The van der Waals surface area contributed by atoms with Crippen molar-refractivity contribution in [3.63, 3.8) is 0 Å². The minimum atomic E-state index is 0.0541. The molecule has 0 spiro atoms. The molecule has 1 aromatic rings. The first-order valence-corrected chi connectivity index (χ1v) is 5.22. The molecule has 0 aromatic heterocycles. The van der Waals surface area contributed by atoms with E-state index in [2.05, 4.69) is 26.8 Å². The first-order valence-electron chi connectivity index (χ1n) is 5.22. The molecule has 1 rings (SSSR count). The van der Waals surface area contributed by atoms with Gasteiger partial charge in [0.05, 0.1) is 13.2 Å². The van der Waals surface area contributed by atoms with Gasteiger partial charge in [-0.2, -0.15) is 0 Å². The van der Waals surface area contributed by atoms with Crippen molar-refractivity contribution >= 4 is 0 Å². The molecular weight excluding hydrogens is 188 g/mol. The largest absolute Gasteiger partial charge is 0.493 e. The molecule has 2 heteroatoms. The summed E-state index contributed by atoms with van der Waals surface area (Å²) in [4.78, 5) is 0. The van der Waals surface area contributed by atoms with Crippen molar-refractivity contribution in [2.24, 2.45) is 5.41 Å². The van der Waals surface area contributed by atoms with Crippen LogP contribution in [-0.4, -0.2) is 20.3 Å². The third kappa shape index (κ3) is 4.34. The van der Waals surface area contributed by atoms with E-state index in [9.17, 15) is 0 Å². The number of benzene rings is 1. The molecule has 0 aliphatic heterocycles. The Morgan fingerprint density at radius 1 is 1.20 bits per heavy atom. The summed E-state index contributed by atoms with van der Waals surface area (Å²) in [5.41, 5.74) is 1.27. The van der Waals surface area contributed by atoms with Crippen LogP contribution < -0.4 is 4.74 Å². The highest BCUT2D eigenvalue weighted by Crippen LogP contribution is 2.19. The molecule has 0 atom stereocenters. The van der Waals surface area contributed by atoms with E-state index in [4.69, 9.17) is 9.47 Å². The first-order chi connectivity index (χ1) is 7.03. The third-order valence-corrected chi connectivity index (χ3v) is 2.15. The Balaban J connectivity index is 2.49. The summed E-state index contributed by atoms with van der Waals surface area (Å²) in [5.74, 6) is 0.930. The van der Waals surface area contributed by atoms with Gasteiger partial charge in [0.2, 0.25) is 0 Å². The summed E-state index contributed by atoms with van der Waals surface area (Å²) in [6.45, 7) is 7.70. The van der Waals surface area contributed by atoms with Gasteiger partial charge in [0.1, 0.15) is 5.75 Å². The standard InChI is InChI=1S/C13H20O2/c1-11-6-5-7-12(8-11)15-10-13(2,3)9-14-4/h5-8H,9-10H2,1-4H3. The molecule has 0 heterocycles. The molecule has 0 saturated carbocycles. The van der Waals surface area contributed by atoms with E-state index in [0.717, 1.165) is 5.75 Å². The van der Waals surface area contributed by atoms with Gasteiger partial charge in [0.15, 0.2) is 0 Å². The van der Waals surface area contributed by atoms with Crippen molar-refractivity contribution in [2.45, 2.75) is 20.8 Å². The SMILES string of the molecule is COCC(C)(C)COc1cccc(C)c1. The summed E-state index contributed by atoms with van der Waals surface area (Å²) >= 11 is 0. The predicted molar refractivity (Wildman–Crippen MR) is 62.3 cm³/mol. The average Bonchev–Trinajstić information content (AvgIpc) is 2.15. The highest BCUT2D eigenvalue weighted by molar-refractivity contribution is 5.27. The molecule has 0 saturated heterocycles. The Morgan fingerprint density at radius 2 is 1.93 bits per heavy atom. The van der Waals surface area contributed by atoms with Gasteiger partial charge in [0.25, 0.3) is 0 Å². The third-order valence-electron chi connectivity index (χ3n) is 2.15. The first kappa shape index (κ1) is 12.1. The second-order valence-corrected chi connectivity index (χ2v) is 4.70. The normalized spacial score (nSPS) is 11.5. The number of aryl methyl sites for hydroxylation is 1.